The Hall–Kier alpha value is -4.15. The molecule has 0 aliphatic carbocycles. The minimum absolute atomic E-state index is 0.150. The van der Waals surface area contributed by atoms with E-state index < -0.39 is 11.8 Å². The third-order valence-electron chi connectivity index (χ3n) is 5.19. The average Bonchev–Trinajstić information content (AvgIpc) is 3.18. The van der Waals surface area contributed by atoms with E-state index in [1.807, 2.05) is 19.1 Å². The van der Waals surface area contributed by atoms with E-state index in [4.69, 9.17) is 9.47 Å². The number of anilines is 1. The highest BCUT2D eigenvalue weighted by atomic mass is 16.5. The molecule has 0 spiro atoms. The van der Waals surface area contributed by atoms with Crippen molar-refractivity contribution in [2.45, 2.75) is 33.6 Å². The van der Waals surface area contributed by atoms with E-state index in [0.717, 1.165) is 5.56 Å². The summed E-state index contributed by atoms with van der Waals surface area (Å²) in [7, 11) is 3.10. The second-order valence-electron chi connectivity index (χ2n) is 7.54. The lowest BCUT2D eigenvalue weighted by Gasteiger charge is -2.11. The first-order chi connectivity index (χ1) is 16.3. The molecule has 2 aromatic heterocycles. The monoisotopic (exact) mass is 468 g/mol. The number of ether oxygens (including phenoxy) is 2. The second kappa shape index (κ2) is 10.6. The van der Waals surface area contributed by atoms with Crippen LogP contribution in [0.5, 0.6) is 11.5 Å². The van der Waals surface area contributed by atoms with Crippen molar-refractivity contribution in [2.24, 2.45) is 0 Å². The van der Waals surface area contributed by atoms with Gasteiger partial charge >= 0.3 is 11.8 Å². The van der Waals surface area contributed by atoms with Crippen molar-refractivity contribution in [1.29, 1.82) is 0 Å². The van der Waals surface area contributed by atoms with Crippen LogP contribution in [0.25, 0.3) is 5.95 Å². The maximum absolute atomic E-state index is 12.5. The molecule has 0 radical (unpaired) electrons. The van der Waals surface area contributed by atoms with Crippen molar-refractivity contribution in [2.75, 3.05) is 26.1 Å². The van der Waals surface area contributed by atoms with Crippen LogP contribution in [-0.2, 0) is 22.4 Å². The van der Waals surface area contributed by atoms with E-state index in [1.54, 1.807) is 40.2 Å². The number of aromatic nitrogens is 4. The van der Waals surface area contributed by atoms with Crippen LogP contribution >= 0.6 is 0 Å². The zero-order valence-corrected chi connectivity index (χ0v) is 19.8. The lowest BCUT2D eigenvalue weighted by molar-refractivity contribution is -0.136. The highest BCUT2D eigenvalue weighted by Crippen LogP contribution is 2.27. The molecule has 3 rings (SSSR count). The molecule has 0 saturated carbocycles. The van der Waals surface area contributed by atoms with Gasteiger partial charge in [0.25, 0.3) is 5.56 Å². The zero-order valence-electron chi connectivity index (χ0n) is 19.8. The number of methoxy groups -OCH3 is 2. The van der Waals surface area contributed by atoms with E-state index in [-0.39, 0.29) is 23.9 Å². The molecular formula is C23H28N6O5. The summed E-state index contributed by atoms with van der Waals surface area (Å²) in [6.45, 7) is 5.57. The summed E-state index contributed by atoms with van der Waals surface area (Å²) in [4.78, 5) is 44.2. The molecule has 0 fully saturated rings. The predicted molar refractivity (Wildman–Crippen MR) is 126 cm³/mol. The molecule has 0 aliphatic heterocycles. The number of hydrogen-bond acceptors (Lipinski definition) is 7. The predicted octanol–water partition coefficient (Wildman–Crippen LogP) is 1.45. The zero-order chi connectivity index (χ0) is 24.8. The Morgan fingerprint density at radius 3 is 2.47 bits per heavy atom. The molecule has 3 N–H and O–H groups in total. The molecule has 0 aliphatic rings. The highest BCUT2D eigenvalue weighted by Gasteiger charge is 2.19. The fourth-order valence-electron chi connectivity index (χ4n) is 3.47. The van der Waals surface area contributed by atoms with Gasteiger partial charge in [0.05, 0.1) is 19.9 Å². The number of aromatic amines is 1. The van der Waals surface area contributed by atoms with E-state index in [9.17, 15) is 14.4 Å². The number of hydrogen-bond donors (Lipinski definition) is 3. The van der Waals surface area contributed by atoms with Crippen LogP contribution in [0.2, 0.25) is 0 Å². The molecule has 11 heteroatoms. The Balaban J connectivity index is 1.66. The van der Waals surface area contributed by atoms with Gasteiger partial charge in [0.2, 0.25) is 5.95 Å². The molecule has 0 saturated heterocycles. The van der Waals surface area contributed by atoms with Crippen LogP contribution in [0.1, 0.15) is 29.4 Å². The second-order valence-corrected chi connectivity index (χ2v) is 7.54. The molecule has 11 nitrogen and oxygen atoms in total. The maximum atomic E-state index is 12.5. The molecule has 1 aromatic carbocycles. The topological polar surface area (TPSA) is 140 Å². The summed E-state index contributed by atoms with van der Waals surface area (Å²) >= 11 is 0. The summed E-state index contributed by atoms with van der Waals surface area (Å²) in [6, 6.07) is 7.03. The molecule has 34 heavy (non-hydrogen) atoms. The van der Waals surface area contributed by atoms with Crippen molar-refractivity contribution in [1.82, 2.24) is 25.1 Å². The number of rotatable bonds is 8. The van der Waals surface area contributed by atoms with E-state index >= 15 is 0 Å². The third kappa shape index (κ3) is 5.42. The van der Waals surface area contributed by atoms with Crippen molar-refractivity contribution >= 4 is 17.6 Å². The largest absolute Gasteiger partial charge is 0.493 e. The van der Waals surface area contributed by atoms with E-state index in [2.05, 4.69) is 25.7 Å². The molecule has 3 aromatic rings. The third-order valence-corrected chi connectivity index (χ3v) is 5.19. The number of nitrogens with one attached hydrogen (secondary N) is 3. The summed E-state index contributed by atoms with van der Waals surface area (Å²) in [6.07, 6.45) is 1.03. The van der Waals surface area contributed by atoms with Gasteiger partial charge in [0.1, 0.15) is 5.82 Å². The highest BCUT2D eigenvalue weighted by molar-refractivity contribution is 6.39. The lowest BCUT2D eigenvalue weighted by atomic mass is 10.1. The fourth-order valence-corrected chi connectivity index (χ4v) is 3.47. The van der Waals surface area contributed by atoms with Gasteiger partial charge in [-0.25, -0.2) is 4.98 Å². The van der Waals surface area contributed by atoms with Gasteiger partial charge in [-0.15, -0.1) is 0 Å². The smallest absolute Gasteiger partial charge is 0.314 e. The molecule has 0 bridgehead atoms. The molecule has 2 amide bonds. The first kappa shape index (κ1) is 24.5. The SMILES string of the molecule is CCc1c(C)nc(-n2nc(C)cc2NC(=O)C(=O)NCCc2ccc(OC)c(OC)c2)[nH]c1=O. The normalized spacial score (nSPS) is 10.6. The summed E-state index contributed by atoms with van der Waals surface area (Å²) in [5, 5.41) is 9.40. The number of carbonyl (C=O) groups excluding carboxylic acids is 2. The molecule has 180 valence electrons. The van der Waals surface area contributed by atoms with E-state index in [1.165, 1.54) is 4.68 Å². The molecule has 0 atom stereocenters. The van der Waals surface area contributed by atoms with E-state index in [0.29, 0.717) is 41.3 Å². The minimum Gasteiger partial charge on any atom is -0.493 e. The van der Waals surface area contributed by atoms with Crippen molar-refractivity contribution < 1.29 is 19.1 Å². The fraction of sp³-hybridized carbons (Fsp3) is 0.348. The van der Waals surface area contributed by atoms with Gasteiger partial charge in [0.15, 0.2) is 11.5 Å². The molecular weight excluding hydrogens is 440 g/mol. The number of H-pyrrole nitrogens is 1. The Bertz CT molecular complexity index is 1260. The minimum atomic E-state index is -0.863. The first-order valence-corrected chi connectivity index (χ1v) is 10.7. The summed E-state index contributed by atoms with van der Waals surface area (Å²) in [5.41, 5.74) is 2.35. The van der Waals surface area contributed by atoms with Crippen LogP contribution in [0, 0.1) is 13.8 Å². The number of benzene rings is 1. The molecule has 0 unspecified atom stereocenters. The summed E-state index contributed by atoms with van der Waals surface area (Å²) < 4.78 is 11.8. The van der Waals surface area contributed by atoms with Crippen molar-refractivity contribution in [3.63, 3.8) is 0 Å². The van der Waals surface area contributed by atoms with Crippen LogP contribution < -0.4 is 25.7 Å². The number of aryl methyl sites for hydroxylation is 2. The van der Waals surface area contributed by atoms with Gasteiger partial charge in [-0.2, -0.15) is 9.78 Å². The Kier molecular flexibility index (Phi) is 7.67. The van der Waals surface area contributed by atoms with Crippen LogP contribution in [0.15, 0.2) is 29.1 Å². The Morgan fingerprint density at radius 1 is 1.09 bits per heavy atom. The Morgan fingerprint density at radius 2 is 1.82 bits per heavy atom. The summed E-state index contributed by atoms with van der Waals surface area (Å²) in [5.74, 6) is -0.109. The van der Waals surface area contributed by atoms with Crippen molar-refractivity contribution in [3.05, 3.63) is 57.1 Å². The average molecular weight is 469 g/mol. The Labute approximate surface area is 196 Å². The van der Waals surface area contributed by atoms with Gasteiger partial charge in [0, 0.05) is 23.9 Å². The standard InChI is InChI=1S/C23H28N6O5/c1-6-16-14(3)25-23(27-20(16)30)29-19(11-13(2)28-29)26-22(32)21(31)24-10-9-15-7-8-17(33-4)18(12-15)34-5/h7-8,11-12H,6,9-10H2,1-5H3,(H,24,31)(H,26,32)(H,25,27,30). The van der Waals surface area contributed by atoms with Crippen molar-refractivity contribution in [3.8, 4) is 17.4 Å². The molecule has 2 heterocycles. The quantitative estimate of drug-likeness (QED) is 0.425. The lowest BCUT2D eigenvalue weighted by Crippen LogP contribution is -2.37. The number of carbonyl (C=O) groups is 2. The first-order valence-electron chi connectivity index (χ1n) is 10.7. The van der Waals surface area contributed by atoms with Gasteiger partial charge < -0.3 is 20.1 Å². The number of amides is 2. The maximum Gasteiger partial charge on any atom is 0.314 e. The van der Waals surface area contributed by atoms with Crippen LogP contribution in [-0.4, -0.2) is 52.3 Å². The van der Waals surface area contributed by atoms with Crippen LogP contribution in [0.3, 0.4) is 0 Å². The number of nitrogens with zero attached hydrogens (tertiary/aromatic N) is 3. The van der Waals surface area contributed by atoms with Gasteiger partial charge in [-0.05, 0) is 44.4 Å². The van der Waals surface area contributed by atoms with Crippen LogP contribution in [0.4, 0.5) is 5.82 Å². The van der Waals surface area contributed by atoms with Gasteiger partial charge in [-0.1, -0.05) is 13.0 Å². The van der Waals surface area contributed by atoms with Gasteiger partial charge in [-0.3, -0.25) is 19.4 Å².